The summed E-state index contributed by atoms with van der Waals surface area (Å²) < 4.78 is 7.03. The zero-order valence-electron chi connectivity index (χ0n) is 13.7. The number of nitrogens with one attached hydrogen (secondary N) is 2. The highest BCUT2D eigenvalue weighted by Crippen LogP contribution is 2.32. The van der Waals surface area contributed by atoms with Crippen molar-refractivity contribution >= 4 is 45.0 Å². The number of rotatable bonds is 5. The van der Waals surface area contributed by atoms with Crippen molar-refractivity contribution in [2.24, 2.45) is 5.92 Å². The normalized spacial score (nSPS) is 21.4. The molecule has 23 heavy (non-hydrogen) atoms. The van der Waals surface area contributed by atoms with Gasteiger partial charge >= 0.3 is 6.09 Å². The summed E-state index contributed by atoms with van der Waals surface area (Å²) in [5.74, 6) is 0.446. The smallest absolute Gasteiger partial charge is 0.407 e. The third-order valence-electron chi connectivity index (χ3n) is 3.80. The van der Waals surface area contributed by atoms with Gasteiger partial charge in [-0.15, -0.1) is 11.3 Å². The van der Waals surface area contributed by atoms with Crippen molar-refractivity contribution in [3.8, 4) is 0 Å². The summed E-state index contributed by atoms with van der Waals surface area (Å²) in [4.78, 5) is 13.0. The fourth-order valence-corrected chi connectivity index (χ4v) is 4.53. The lowest BCUT2D eigenvalue weighted by Crippen LogP contribution is -2.40. The van der Waals surface area contributed by atoms with Crippen molar-refractivity contribution in [3.05, 3.63) is 19.8 Å². The van der Waals surface area contributed by atoms with Crippen LogP contribution in [0.2, 0.25) is 4.34 Å². The standard InChI is InChI=1S/C16H24BrClN2O2S/c1-16(2,3)22-15(21)20-8-10-5-4-6-13(10)19-9-11-7-12(17)14(18)23-11/h7,10,13,19H,4-6,8-9H2,1-3H3,(H,20,21). The first-order valence-corrected chi connectivity index (χ1v) is 9.87. The van der Waals surface area contributed by atoms with Crippen molar-refractivity contribution in [1.29, 1.82) is 0 Å². The predicted molar refractivity (Wildman–Crippen MR) is 99.2 cm³/mol. The van der Waals surface area contributed by atoms with Crippen LogP contribution in [-0.4, -0.2) is 24.3 Å². The third-order valence-corrected chi connectivity index (χ3v) is 6.28. The van der Waals surface area contributed by atoms with E-state index in [2.05, 4.69) is 32.6 Å². The Morgan fingerprint density at radius 1 is 1.48 bits per heavy atom. The maximum Gasteiger partial charge on any atom is 0.407 e. The molecule has 2 N–H and O–H groups in total. The van der Waals surface area contributed by atoms with Gasteiger partial charge in [0.25, 0.3) is 0 Å². The lowest BCUT2D eigenvalue weighted by molar-refractivity contribution is 0.0517. The largest absolute Gasteiger partial charge is 0.444 e. The van der Waals surface area contributed by atoms with Crippen molar-refractivity contribution in [2.45, 2.75) is 58.2 Å². The fraction of sp³-hybridized carbons (Fsp3) is 0.688. The van der Waals surface area contributed by atoms with Gasteiger partial charge < -0.3 is 15.4 Å². The van der Waals surface area contributed by atoms with Gasteiger partial charge in [0, 0.05) is 28.5 Å². The van der Waals surface area contributed by atoms with Crippen LogP contribution in [0.4, 0.5) is 4.79 Å². The predicted octanol–water partition coefficient (Wildman–Crippen LogP) is 4.95. The molecule has 1 amide bonds. The van der Waals surface area contributed by atoms with Crippen molar-refractivity contribution < 1.29 is 9.53 Å². The van der Waals surface area contributed by atoms with Crippen LogP contribution in [0, 0.1) is 5.92 Å². The molecule has 1 fully saturated rings. The minimum Gasteiger partial charge on any atom is -0.444 e. The molecule has 0 spiro atoms. The Bertz CT molecular complexity index is 525. The van der Waals surface area contributed by atoms with E-state index in [4.69, 9.17) is 16.3 Å². The molecule has 1 aliphatic carbocycles. The number of alkyl carbamates (subject to hydrolysis) is 1. The first-order chi connectivity index (χ1) is 10.7. The zero-order chi connectivity index (χ0) is 17.0. The van der Waals surface area contributed by atoms with E-state index in [-0.39, 0.29) is 6.09 Å². The zero-order valence-corrected chi connectivity index (χ0v) is 16.9. The van der Waals surface area contributed by atoms with Crippen molar-refractivity contribution in [3.63, 3.8) is 0 Å². The summed E-state index contributed by atoms with van der Waals surface area (Å²) in [6, 6.07) is 2.48. The first-order valence-electron chi connectivity index (χ1n) is 7.88. The summed E-state index contributed by atoms with van der Waals surface area (Å²) in [6.07, 6.45) is 3.12. The summed E-state index contributed by atoms with van der Waals surface area (Å²) in [7, 11) is 0. The van der Waals surface area contributed by atoms with E-state index >= 15 is 0 Å². The fourth-order valence-electron chi connectivity index (χ4n) is 2.79. The number of hydrogen-bond acceptors (Lipinski definition) is 4. The molecule has 1 aliphatic rings. The van der Waals surface area contributed by atoms with Gasteiger partial charge in [-0.2, -0.15) is 0 Å². The monoisotopic (exact) mass is 422 g/mol. The molecule has 0 bridgehead atoms. The van der Waals surface area contributed by atoms with Crippen LogP contribution in [0.5, 0.6) is 0 Å². The summed E-state index contributed by atoms with van der Waals surface area (Å²) >= 11 is 11.1. The molecule has 2 unspecified atom stereocenters. The molecule has 0 aromatic carbocycles. The molecule has 7 heteroatoms. The Hall–Kier alpha value is -0.300. The van der Waals surface area contributed by atoms with E-state index < -0.39 is 5.60 Å². The Morgan fingerprint density at radius 2 is 2.22 bits per heavy atom. The average molecular weight is 424 g/mol. The lowest BCUT2D eigenvalue weighted by atomic mass is 10.0. The second kappa shape index (κ2) is 8.19. The molecule has 130 valence electrons. The number of ether oxygens (including phenoxy) is 1. The maximum absolute atomic E-state index is 11.8. The van der Waals surface area contributed by atoms with Gasteiger partial charge in [-0.3, -0.25) is 0 Å². The summed E-state index contributed by atoms with van der Waals surface area (Å²) in [5, 5.41) is 6.49. The minimum atomic E-state index is -0.455. The number of carbonyl (C=O) groups is 1. The highest BCUT2D eigenvalue weighted by molar-refractivity contribution is 9.10. The first kappa shape index (κ1) is 19.0. The van der Waals surface area contributed by atoms with Crippen molar-refractivity contribution in [2.75, 3.05) is 6.54 Å². The molecule has 0 radical (unpaired) electrons. The molecule has 1 aromatic heterocycles. The Labute approximate surface area is 155 Å². The molecular formula is C16H24BrClN2O2S. The molecule has 2 atom stereocenters. The summed E-state index contributed by atoms with van der Waals surface area (Å²) in [6.45, 7) is 7.08. The van der Waals surface area contributed by atoms with Gasteiger partial charge in [-0.05, 0) is 61.5 Å². The number of thiophene rings is 1. The SMILES string of the molecule is CC(C)(C)OC(=O)NCC1CCCC1NCc1cc(Br)c(Cl)s1. The molecule has 4 nitrogen and oxygen atoms in total. The van der Waals surface area contributed by atoms with E-state index in [1.807, 2.05) is 20.8 Å². The van der Waals surface area contributed by atoms with E-state index in [9.17, 15) is 4.79 Å². The summed E-state index contributed by atoms with van der Waals surface area (Å²) in [5.41, 5.74) is -0.455. The highest BCUT2D eigenvalue weighted by Gasteiger charge is 2.28. The van der Waals surface area contributed by atoms with Crippen LogP contribution < -0.4 is 10.6 Å². The molecule has 0 aliphatic heterocycles. The van der Waals surface area contributed by atoms with E-state index in [0.717, 1.165) is 28.2 Å². The van der Waals surface area contributed by atoms with Crippen molar-refractivity contribution in [1.82, 2.24) is 10.6 Å². The molecule has 0 saturated heterocycles. The van der Waals surface area contributed by atoms with E-state index in [1.165, 1.54) is 11.3 Å². The Balaban J connectivity index is 1.77. The maximum atomic E-state index is 11.8. The second-order valence-electron chi connectivity index (χ2n) is 6.90. The topological polar surface area (TPSA) is 50.4 Å². The van der Waals surface area contributed by atoms with Crippen LogP contribution in [0.15, 0.2) is 10.5 Å². The minimum absolute atomic E-state index is 0.336. The molecular weight excluding hydrogens is 400 g/mol. The van der Waals surface area contributed by atoms with Gasteiger partial charge in [0.05, 0.1) is 0 Å². The number of amides is 1. The molecule has 1 saturated carbocycles. The third kappa shape index (κ3) is 6.25. The number of carbonyl (C=O) groups excluding carboxylic acids is 1. The van der Waals surface area contributed by atoms with Crippen LogP contribution in [0.25, 0.3) is 0 Å². The van der Waals surface area contributed by atoms with Gasteiger partial charge in [-0.1, -0.05) is 18.0 Å². The quantitative estimate of drug-likeness (QED) is 0.704. The van der Waals surface area contributed by atoms with Gasteiger partial charge in [-0.25, -0.2) is 4.79 Å². The van der Waals surface area contributed by atoms with Gasteiger partial charge in [0.1, 0.15) is 9.94 Å². The van der Waals surface area contributed by atoms with Crippen LogP contribution in [-0.2, 0) is 11.3 Å². The molecule has 1 heterocycles. The molecule has 2 rings (SSSR count). The van der Waals surface area contributed by atoms with Gasteiger partial charge in [0.15, 0.2) is 0 Å². The second-order valence-corrected chi connectivity index (χ2v) is 9.49. The average Bonchev–Trinajstić information content (AvgIpc) is 2.99. The van der Waals surface area contributed by atoms with E-state index in [1.54, 1.807) is 11.3 Å². The van der Waals surface area contributed by atoms with Gasteiger partial charge in [0.2, 0.25) is 0 Å². The molecule has 1 aromatic rings. The Kier molecular flexibility index (Phi) is 6.77. The Morgan fingerprint density at radius 3 is 2.83 bits per heavy atom. The highest BCUT2D eigenvalue weighted by atomic mass is 79.9. The lowest BCUT2D eigenvalue weighted by Gasteiger charge is -2.23. The van der Waals surface area contributed by atoms with E-state index in [0.29, 0.717) is 18.5 Å². The van der Waals surface area contributed by atoms with Crippen LogP contribution in [0.3, 0.4) is 0 Å². The number of halogens is 2. The van der Waals surface area contributed by atoms with Crippen LogP contribution >= 0.6 is 38.9 Å². The van der Waals surface area contributed by atoms with Crippen LogP contribution in [0.1, 0.15) is 44.9 Å². The number of hydrogen-bond donors (Lipinski definition) is 2.